The van der Waals surface area contributed by atoms with E-state index in [0.29, 0.717) is 12.5 Å². The molecule has 0 spiro atoms. The molecule has 2 N–H and O–H groups in total. The van der Waals surface area contributed by atoms with Gasteiger partial charge in [0.15, 0.2) is 0 Å². The molecule has 0 aliphatic carbocycles. The van der Waals surface area contributed by atoms with E-state index in [2.05, 4.69) is 30.2 Å². The molecule has 76 valence electrons. The molecule has 0 saturated heterocycles. The third-order valence-electron chi connectivity index (χ3n) is 1.93. The Balaban J connectivity index is 2.94. The first-order valence-electron chi connectivity index (χ1n) is 4.67. The number of aromatic nitrogens is 3. The summed E-state index contributed by atoms with van der Waals surface area (Å²) < 4.78 is 1.63. The van der Waals surface area contributed by atoms with Crippen molar-refractivity contribution in [3.8, 4) is 6.07 Å². The van der Waals surface area contributed by atoms with E-state index in [1.807, 2.05) is 0 Å². The van der Waals surface area contributed by atoms with E-state index in [1.54, 1.807) is 4.68 Å². The van der Waals surface area contributed by atoms with Gasteiger partial charge in [-0.3, -0.25) is 0 Å². The molecule has 0 radical (unpaired) electrons. The minimum Gasteiger partial charge on any atom is -0.325 e. The molecule has 1 aromatic rings. The van der Waals surface area contributed by atoms with Crippen LogP contribution < -0.4 is 5.73 Å². The maximum atomic E-state index is 8.59. The van der Waals surface area contributed by atoms with Crippen molar-refractivity contribution in [3.05, 3.63) is 11.4 Å². The summed E-state index contributed by atoms with van der Waals surface area (Å²) >= 11 is 0. The summed E-state index contributed by atoms with van der Waals surface area (Å²) in [5, 5.41) is 16.4. The van der Waals surface area contributed by atoms with Crippen LogP contribution in [0.4, 0.5) is 0 Å². The first-order chi connectivity index (χ1) is 6.69. The Hall–Kier alpha value is -1.41. The SMILES string of the molecule is CC(C)Cc1c(CN)nnn1CC#N. The van der Waals surface area contributed by atoms with Crippen molar-refractivity contribution < 1.29 is 0 Å². The molecular weight excluding hydrogens is 178 g/mol. The molecule has 0 aromatic carbocycles. The largest absolute Gasteiger partial charge is 0.325 e. The zero-order valence-corrected chi connectivity index (χ0v) is 8.56. The number of nitrogens with two attached hydrogens (primary N) is 1. The van der Waals surface area contributed by atoms with E-state index < -0.39 is 0 Å². The standard InChI is InChI=1S/C9H15N5/c1-7(2)5-9-8(6-11)12-13-14(9)4-3-10/h7H,4-6,11H2,1-2H3. The summed E-state index contributed by atoms with van der Waals surface area (Å²) in [7, 11) is 0. The molecule has 0 aliphatic rings. The van der Waals surface area contributed by atoms with Crippen LogP contribution in [0.25, 0.3) is 0 Å². The fraction of sp³-hybridized carbons (Fsp3) is 0.667. The Morgan fingerprint density at radius 1 is 1.57 bits per heavy atom. The number of hydrogen-bond acceptors (Lipinski definition) is 4. The number of hydrogen-bond donors (Lipinski definition) is 1. The van der Waals surface area contributed by atoms with Crippen molar-refractivity contribution in [2.75, 3.05) is 0 Å². The third kappa shape index (κ3) is 2.30. The molecule has 0 amide bonds. The first kappa shape index (κ1) is 10.7. The van der Waals surface area contributed by atoms with Crippen LogP contribution in [-0.2, 0) is 19.5 Å². The maximum absolute atomic E-state index is 8.59. The summed E-state index contributed by atoms with van der Waals surface area (Å²) in [4.78, 5) is 0. The van der Waals surface area contributed by atoms with E-state index in [4.69, 9.17) is 11.0 Å². The number of rotatable bonds is 4. The van der Waals surface area contributed by atoms with Gasteiger partial charge in [-0.25, -0.2) is 4.68 Å². The molecule has 0 saturated carbocycles. The van der Waals surface area contributed by atoms with Crippen LogP contribution >= 0.6 is 0 Å². The van der Waals surface area contributed by atoms with Crippen molar-refractivity contribution in [1.82, 2.24) is 15.0 Å². The summed E-state index contributed by atoms with van der Waals surface area (Å²) in [6.45, 7) is 4.86. The van der Waals surface area contributed by atoms with E-state index in [0.717, 1.165) is 17.8 Å². The molecule has 14 heavy (non-hydrogen) atoms. The molecular formula is C9H15N5. The lowest BCUT2D eigenvalue weighted by Gasteiger charge is -2.06. The topological polar surface area (TPSA) is 80.5 Å². The zero-order chi connectivity index (χ0) is 10.6. The minimum absolute atomic E-state index is 0.245. The van der Waals surface area contributed by atoms with Crippen molar-refractivity contribution in [2.24, 2.45) is 11.7 Å². The van der Waals surface area contributed by atoms with E-state index in [9.17, 15) is 0 Å². The van der Waals surface area contributed by atoms with E-state index >= 15 is 0 Å². The highest BCUT2D eigenvalue weighted by Gasteiger charge is 2.12. The van der Waals surface area contributed by atoms with Crippen LogP contribution in [0.5, 0.6) is 0 Å². The first-order valence-corrected chi connectivity index (χ1v) is 4.67. The van der Waals surface area contributed by atoms with Crippen LogP contribution in [0.2, 0.25) is 0 Å². The van der Waals surface area contributed by atoms with Gasteiger partial charge in [0.05, 0.1) is 17.5 Å². The predicted octanol–water partition coefficient (Wildman–Crippen LogP) is 0.459. The van der Waals surface area contributed by atoms with E-state index in [-0.39, 0.29) is 6.54 Å². The zero-order valence-electron chi connectivity index (χ0n) is 8.56. The highest BCUT2D eigenvalue weighted by atomic mass is 15.4. The Labute approximate surface area is 83.5 Å². The Kier molecular flexibility index (Phi) is 3.60. The minimum atomic E-state index is 0.245. The summed E-state index contributed by atoms with van der Waals surface area (Å²) in [6, 6.07) is 2.05. The van der Waals surface area contributed by atoms with Crippen molar-refractivity contribution >= 4 is 0 Å². The Morgan fingerprint density at radius 2 is 2.29 bits per heavy atom. The molecule has 0 atom stereocenters. The lowest BCUT2D eigenvalue weighted by molar-refractivity contribution is 0.571. The summed E-state index contributed by atoms with van der Waals surface area (Å²) in [6.07, 6.45) is 0.862. The van der Waals surface area contributed by atoms with Gasteiger partial charge < -0.3 is 5.73 Å². The fourth-order valence-corrected chi connectivity index (χ4v) is 1.33. The summed E-state index contributed by atoms with van der Waals surface area (Å²) in [5.74, 6) is 0.510. The molecule has 0 bridgehead atoms. The maximum Gasteiger partial charge on any atom is 0.130 e. The molecule has 1 rings (SSSR count). The van der Waals surface area contributed by atoms with Gasteiger partial charge in [0.2, 0.25) is 0 Å². The van der Waals surface area contributed by atoms with E-state index in [1.165, 1.54) is 0 Å². The van der Waals surface area contributed by atoms with Gasteiger partial charge in [-0.2, -0.15) is 5.26 Å². The molecule has 1 aromatic heterocycles. The third-order valence-corrected chi connectivity index (χ3v) is 1.93. The van der Waals surface area contributed by atoms with Crippen molar-refractivity contribution in [3.63, 3.8) is 0 Å². The lowest BCUT2D eigenvalue weighted by atomic mass is 10.1. The average Bonchev–Trinajstić information content (AvgIpc) is 2.48. The average molecular weight is 193 g/mol. The van der Waals surface area contributed by atoms with Crippen LogP contribution in [0.1, 0.15) is 25.2 Å². The number of nitriles is 1. The van der Waals surface area contributed by atoms with Crippen molar-refractivity contribution in [1.29, 1.82) is 5.26 Å². The van der Waals surface area contributed by atoms with Crippen LogP contribution in [0.3, 0.4) is 0 Å². The number of nitrogens with zero attached hydrogens (tertiary/aromatic N) is 4. The van der Waals surface area contributed by atoms with Gasteiger partial charge in [0.1, 0.15) is 6.54 Å². The van der Waals surface area contributed by atoms with Gasteiger partial charge in [-0.1, -0.05) is 19.1 Å². The molecule has 1 heterocycles. The monoisotopic (exact) mass is 193 g/mol. The molecule has 0 aliphatic heterocycles. The highest BCUT2D eigenvalue weighted by Crippen LogP contribution is 2.10. The molecule has 0 unspecified atom stereocenters. The Bertz CT molecular complexity index is 333. The summed E-state index contributed by atoms with van der Waals surface area (Å²) in [5.41, 5.74) is 7.33. The van der Waals surface area contributed by atoms with Gasteiger partial charge >= 0.3 is 0 Å². The second kappa shape index (κ2) is 4.72. The lowest BCUT2D eigenvalue weighted by Crippen LogP contribution is -2.09. The fourth-order valence-electron chi connectivity index (χ4n) is 1.33. The second-order valence-electron chi connectivity index (χ2n) is 3.60. The predicted molar refractivity (Wildman–Crippen MR) is 52.1 cm³/mol. The highest BCUT2D eigenvalue weighted by molar-refractivity contribution is 5.11. The molecule has 5 nitrogen and oxygen atoms in total. The molecule has 0 fully saturated rings. The normalized spacial score (nSPS) is 10.5. The van der Waals surface area contributed by atoms with Crippen LogP contribution in [0, 0.1) is 17.2 Å². The van der Waals surface area contributed by atoms with Gasteiger partial charge in [0.25, 0.3) is 0 Å². The smallest absolute Gasteiger partial charge is 0.130 e. The Morgan fingerprint density at radius 3 is 2.79 bits per heavy atom. The van der Waals surface area contributed by atoms with Gasteiger partial charge in [-0.05, 0) is 12.3 Å². The van der Waals surface area contributed by atoms with Gasteiger partial charge in [-0.15, -0.1) is 5.10 Å². The van der Waals surface area contributed by atoms with Crippen molar-refractivity contribution in [2.45, 2.75) is 33.4 Å². The van der Waals surface area contributed by atoms with Crippen LogP contribution in [-0.4, -0.2) is 15.0 Å². The molecule has 5 heteroatoms. The second-order valence-corrected chi connectivity index (χ2v) is 3.60. The quantitative estimate of drug-likeness (QED) is 0.753. The van der Waals surface area contributed by atoms with Crippen LogP contribution in [0.15, 0.2) is 0 Å². The van der Waals surface area contributed by atoms with Gasteiger partial charge in [0, 0.05) is 6.54 Å².